The zero-order valence-corrected chi connectivity index (χ0v) is 24.4. The summed E-state index contributed by atoms with van der Waals surface area (Å²) < 4.78 is 24.7. The fourth-order valence-corrected chi connectivity index (χ4v) is 5.17. The number of thiophene rings is 1. The van der Waals surface area contributed by atoms with Gasteiger partial charge in [0.05, 0.1) is 38.5 Å². The van der Waals surface area contributed by atoms with E-state index in [2.05, 4.69) is 21.8 Å². The number of rotatable bonds is 7. The fourth-order valence-electron chi connectivity index (χ4n) is 4.39. The summed E-state index contributed by atoms with van der Waals surface area (Å²) in [5.74, 6) is -0.934. The quantitative estimate of drug-likeness (QED) is 0.236. The van der Waals surface area contributed by atoms with E-state index in [0.29, 0.717) is 44.7 Å². The minimum atomic E-state index is -0.590. The number of aldehydes is 1. The maximum atomic E-state index is 13.4. The largest absolute Gasteiger partial charge is 0.372 e. The number of likely N-dealkylation sites (tertiary alicyclic amines) is 1. The first-order chi connectivity index (χ1) is 20.3. The summed E-state index contributed by atoms with van der Waals surface area (Å²) in [4.78, 5) is 38.0. The van der Waals surface area contributed by atoms with Crippen LogP contribution < -0.4 is 16.8 Å². The third kappa shape index (κ3) is 9.89. The predicted molar refractivity (Wildman–Crippen MR) is 159 cm³/mol. The van der Waals surface area contributed by atoms with Crippen LogP contribution in [0.5, 0.6) is 0 Å². The normalized spacial score (nSPS) is 16.5. The van der Waals surface area contributed by atoms with Crippen LogP contribution in [0.15, 0.2) is 54.2 Å². The van der Waals surface area contributed by atoms with Crippen molar-refractivity contribution in [3.8, 4) is 11.1 Å². The molecule has 6 N–H and O–H groups in total. The number of nitrogens with one attached hydrogen (secondary N) is 2. The van der Waals surface area contributed by atoms with Crippen molar-refractivity contribution >= 4 is 36.2 Å². The SMILES string of the molecule is CN.CN1CC2(CC1C(=O)NCc1cc(C=N)cs1)OCCO2.NC=O.O=CCc1ccc(-c2ccncc2F)cc1. The number of hydrogen-bond donors (Lipinski definition) is 4. The molecule has 11 nitrogen and oxygen atoms in total. The number of nitrogens with zero attached hydrogens (tertiary/aromatic N) is 2. The van der Waals surface area contributed by atoms with E-state index in [1.165, 1.54) is 19.5 Å². The van der Waals surface area contributed by atoms with Crippen molar-refractivity contribution in [1.82, 2.24) is 15.2 Å². The van der Waals surface area contributed by atoms with Crippen LogP contribution in [0.25, 0.3) is 11.1 Å². The number of hydrogen-bond acceptors (Lipinski definition) is 10. The van der Waals surface area contributed by atoms with Gasteiger partial charge >= 0.3 is 0 Å². The molecular weight excluding hydrogens is 563 g/mol. The van der Waals surface area contributed by atoms with Gasteiger partial charge in [0.25, 0.3) is 0 Å². The lowest BCUT2D eigenvalue weighted by Crippen LogP contribution is -2.40. The highest BCUT2D eigenvalue weighted by molar-refractivity contribution is 7.10. The number of pyridine rings is 1. The molecule has 0 saturated carbocycles. The van der Waals surface area contributed by atoms with Crippen molar-refractivity contribution in [2.45, 2.75) is 31.2 Å². The lowest BCUT2D eigenvalue weighted by atomic mass is 10.0. The first-order valence-electron chi connectivity index (χ1n) is 13.0. The highest BCUT2D eigenvalue weighted by atomic mass is 32.1. The summed E-state index contributed by atoms with van der Waals surface area (Å²) in [5, 5.41) is 12.1. The molecule has 2 aliphatic heterocycles. The van der Waals surface area contributed by atoms with E-state index in [1.807, 2.05) is 35.5 Å². The summed E-state index contributed by atoms with van der Waals surface area (Å²) in [6.45, 7) is 2.33. The molecule has 1 aromatic carbocycles. The summed E-state index contributed by atoms with van der Waals surface area (Å²) in [6.07, 6.45) is 6.12. The average molecular weight is 601 g/mol. The van der Waals surface area contributed by atoms with Crippen molar-refractivity contribution in [2.24, 2.45) is 11.5 Å². The zero-order valence-electron chi connectivity index (χ0n) is 23.6. The summed E-state index contributed by atoms with van der Waals surface area (Å²) in [6, 6.07) is 10.6. The maximum Gasteiger partial charge on any atom is 0.237 e. The van der Waals surface area contributed by atoms with Gasteiger partial charge in [0.1, 0.15) is 12.1 Å². The van der Waals surface area contributed by atoms with Crippen LogP contribution in [0, 0.1) is 11.2 Å². The Morgan fingerprint density at radius 3 is 2.48 bits per heavy atom. The van der Waals surface area contributed by atoms with Crippen LogP contribution in [0.2, 0.25) is 0 Å². The van der Waals surface area contributed by atoms with Gasteiger partial charge in [-0.05, 0) is 42.7 Å². The number of amides is 2. The number of primary amides is 1. The molecule has 42 heavy (non-hydrogen) atoms. The molecule has 1 atom stereocenters. The first kappa shape index (κ1) is 34.3. The number of aromatic nitrogens is 1. The van der Waals surface area contributed by atoms with E-state index < -0.39 is 5.79 Å². The number of halogens is 1. The van der Waals surface area contributed by atoms with Crippen molar-refractivity contribution in [2.75, 3.05) is 33.9 Å². The first-order valence-corrected chi connectivity index (χ1v) is 13.9. The maximum absolute atomic E-state index is 13.4. The third-order valence-electron chi connectivity index (χ3n) is 6.28. The Morgan fingerprint density at radius 2 is 1.90 bits per heavy atom. The number of likely N-dealkylation sites (N-methyl/N-ethyl adjacent to an activating group) is 1. The molecule has 5 rings (SSSR count). The molecule has 0 bridgehead atoms. The molecule has 1 spiro atoms. The predicted octanol–water partition coefficient (Wildman–Crippen LogP) is 2.11. The van der Waals surface area contributed by atoms with Gasteiger partial charge in [-0.25, -0.2) is 4.39 Å². The van der Waals surface area contributed by atoms with Crippen LogP contribution in [-0.4, -0.2) is 80.4 Å². The number of ether oxygens (including phenoxy) is 2. The molecule has 226 valence electrons. The second-order valence-electron chi connectivity index (χ2n) is 9.01. The van der Waals surface area contributed by atoms with Crippen molar-refractivity contribution < 1.29 is 28.2 Å². The van der Waals surface area contributed by atoms with Crippen molar-refractivity contribution in [3.05, 3.63) is 76.0 Å². The van der Waals surface area contributed by atoms with Gasteiger partial charge in [0.15, 0.2) is 5.79 Å². The van der Waals surface area contributed by atoms with Gasteiger partial charge in [-0.3, -0.25) is 19.5 Å². The van der Waals surface area contributed by atoms with E-state index in [0.717, 1.165) is 27.9 Å². The summed E-state index contributed by atoms with van der Waals surface area (Å²) >= 11 is 1.55. The molecule has 0 aliphatic carbocycles. The fraction of sp³-hybridized carbons (Fsp3) is 0.345. The highest BCUT2D eigenvalue weighted by Gasteiger charge is 2.49. The number of benzene rings is 1. The van der Waals surface area contributed by atoms with Gasteiger partial charge in [-0.2, -0.15) is 0 Å². The van der Waals surface area contributed by atoms with Gasteiger partial charge in [0.2, 0.25) is 12.3 Å². The third-order valence-corrected chi connectivity index (χ3v) is 7.23. The molecular formula is C29H37FN6O5S. The molecule has 2 aliphatic rings. The average Bonchev–Trinajstić information content (AvgIpc) is 3.75. The minimum absolute atomic E-state index is 0.00159. The minimum Gasteiger partial charge on any atom is -0.372 e. The van der Waals surface area contributed by atoms with Crippen LogP contribution >= 0.6 is 11.3 Å². The molecule has 4 heterocycles. The zero-order chi connectivity index (χ0) is 31.0. The van der Waals surface area contributed by atoms with Gasteiger partial charge < -0.3 is 36.5 Å². The van der Waals surface area contributed by atoms with Crippen LogP contribution in [-0.2, 0) is 36.8 Å². The Balaban J connectivity index is 0.000000262. The topological polar surface area (TPSA) is 174 Å². The Kier molecular flexibility index (Phi) is 14.6. The van der Waals surface area contributed by atoms with Crippen LogP contribution in [0.1, 0.15) is 22.4 Å². The smallest absolute Gasteiger partial charge is 0.237 e. The Hall–Kier alpha value is -3.88. The lowest BCUT2D eigenvalue weighted by Gasteiger charge is -2.20. The standard InChI is InChI=1S/C14H19N3O3S.C13H10FNO.CH3NO.CH5N/c1-17-9-14(19-2-3-20-14)5-12(17)13(18)16-7-11-4-10(6-15)8-21-11;14-13-9-15-7-5-12(13)11-3-1-10(2-4-11)6-8-16;2-1-3;1-2/h4,6,8,12,15H,2-3,5,7,9H2,1H3,(H,16,18);1-5,7-9H,6H2;1H,(H2,2,3);2H2,1H3. The van der Waals surface area contributed by atoms with E-state index in [-0.39, 0.29) is 24.2 Å². The van der Waals surface area contributed by atoms with Gasteiger partial charge in [0, 0.05) is 41.3 Å². The van der Waals surface area contributed by atoms with Crippen molar-refractivity contribution in [1.29, 1.82) is 5.41 Å². The second-order valence-corrected chi connectivity index (χ2v) is 10.0. The monoisotopic (exact) mass is 600 g/mol. The van der Waals surface area contributed by atoms with Gasteiger partial charge in [-0.15, -0.1) is 11.3 Å². The highest BCUT2D eigenvalue weighted by Crippen LogP contribution is 2.33. The molecule has 1 unspecified atom stereocenters. The summed E-state index contributed by atoms with van der Waals surface area (Å²) in [5.41, 5.74) is 11.8. The molecule has 3 aromatic rings. The van der Waals surface area contributed by atoms with Gasteiger partial charge in [-0.1, -0.05) is 24.3 Å². The molecule has 2 fully saturated rings. The molecule has 2 amide bonds. The Bertz CT molecular complexity index is 1280. The molecule has 2 saturated heterocycles. The van der Waals surface area contributed by atoms with Crippen LogP contribution in [0.3, 0.4) is 0 Å². The van der Waals surface area contributed by atoms with E-state index in [1.54, 1.807) is 35.7 Å². The van der Waals surface area contributed by atoms with E-state index in [4.69, 9.17) is 19.7 Å². The number of nitrogens with two attached hydrogens (primary N) is 2. The van der Waals surface area contributed by atoms with Crippen LogP contribution in [0.4, 0.5) is 4.39 Å². The van der Waals surface area contributed by atoms with E-state index in [9.17, 15) is 14.0 Å². The second kappa shape index (κ2) is 17.8. The van der Waals surface area contributed by atoms with E-state index >= 15 is 0 Å². The number of carbonyl (C=O) groups excluding carboxylic acids is 3. The lowest BCUT2D eigenvalue weighted by molar-refractivity contribution is -0.146. The molecule has 2 aromatic heterocycles. The molecule has 0 radical (unpaired) electrons. The molecule has 13 heteroatoms. The Morgan fingerprint density at radius 1 is 1.24 bits per heavy atom. The summed E-state index contributed by atoms with van der Waals surface area (Å²) in [7, 11) is 3.42. The van der Waals surface area contributed by atoms with Crippen molar-refractivity contribution in [3.63, 3.8) is 0 Å². The number of carbonyl (C=O) groups is 3. The Labute approximate surface area is 248 Å².